The second kappa shape index (κ2) is 8.50. The molecule has 172 valence electrons. The Hall–Kier alpha value is -5.00. The Bertz CT molecular complexity index is 1460. The highest BCUT2D eigenvalue weighted by Gasteiger charge is 2.32. The van der Waals surface area contributed by atoms with Gasteiger partial charge < -0.3 is 15.3 Å². The standard InChI is InChI=1S/C22H17N5O7/c1-11(15-5-3-4-6-17(15)33-2)25-34-14-8-12(7-13(9-14)27(31)32)26-18(28)10-16-19(20(26)23)22(30)24-21(16)29/h3-10H,23H2,1-2H3,(H,24,29,30). The van der Waals surface area contributed by atoms with Crippen molar-refractivity contribution in [2.45, 2.75) is 6.92 Å². The number of nitro groups is 1. The quantitative estimate of drug-likeness (QED) is 0.242. The van der Waals surface area contributed by atoms with Crippen LogP contribution in [0, 0.1) is 10.1 Å². The SMILES string of the molecule is COc1ccccc1C(C)=NOc1cc(-n2c(N)c3c(cc2=O)C(=O)NC3=O)cc([N+](=O)[O-])c1. The Morgan fingerprint density at radius 2 is 1.85 bits per heavy atom. The van der Waals surface area contributed by atoms with Crippen molar-refractivity contribution in [2.75, 3.05) is 12.8 Å². The van der Waals surface area contributed by atoms with Crippen LogP contribution in [0.25, 0.3) is 5.69 Å². The van der Waals surface area contributed by atoms with Crippen molar-refractivity contribution < 1.29 is 24.1 Å². The van der Waals surface area contributed by atoms with Gasteiger partial charge in [0, 0.05) is 23.8 Å². The molecule has 3 aromatic rings. The Labute approximate surface area is 191 Å². The highest BCUT2D eigenvalue weighted by Crippen LogP contribution is 2.29. The number of nitrogens with one attached hydrogen (secondary N) is 1. The third-order valence-corrected chi connectivity index (χ3v) is 5.08. The maximum Gasteiger partial charge on any atom is 0.275 e. The zero-order valence-corrected chi connectivity index (χ0v) is 17.9. The molecule has 3 N–H and O–H groups in total. The first-order chi connectivity index (χ1) is 16.2. The monoisotopic (exact) mass is 463 g/mol. The van der Waals surface area contributed by atoms with Gasteiger partial charge in [0.25, 0.3) is 23.1 Å². The van der Waals surface area contributed by atoms with Crippen LogP contribution in [0.3, 0.4) is 0 Å². The number of benzene rings is 2. The fourth-order valence-electron chi connectivity index (χ4n) is 3.51. The zero-order chi connectivity index (χ0) is 24.6. The van der Waals surface area contributed by atoms with E-state index in [2.05, 4.69) is 10.5 Å². The fourth-order valence-corrected chi connectivity index (χ4v) is 3.51. The van der Waals surface area contributed by atoms with Gasteiger partial charge in [-0.25, -0.2) is 0 Å². The number of anilines is 1. The summed E-state index contributed by atoms with van der Waals surface area (Å²) < 4.78 is 6.17. The Morgan fingerprint density at radius 1 is 1.12 bits per heavy atom. The lowest BCUT2D eigenvalue weighted by Crippen LogP contribution is -2.24. The number of imide groups is 1. The molecule has 0 radical (unpaired) electrons. The van der Waals surface area contributed by atoms with Gasteiger partial charge in [-0.3, -0.25) is 34.4 Å². The summed E-state index contributed by atoms with van der Waals surface area (Å²) in [6, 6.07) is 11.5. The predicted octanol–water partition coefficient (Wildman–Crippen LogP) is 2.02. The van der Waals surface area contributed by atoms with Crippen LogP contribution < -0.4 is 26.2 Å². The van der Waals surface area contributed by atoms with E-state index in [4.69, 9.17) is 15.3 Å². The minimum atomic E-state index is -0.773. The maximum atomic E-state index is 12.7. The molecule has 0 spiro atoms. The van der Waals surface area contributed by atoms with Crippen molar-refractivity contribution in [1.82, 2.24) is 9.88 Å². The largest absolute Gasteiger partial charge is 0.496 e. The summed E-state index contributed by atoms with van der Waals surface area (Å²) in [6.07, 6.45) is 0. The van der Waals surface area contributed by atoms with E-state index in [1.165, 1.54) is 13.2 Å². The van der Waals surface area contributed by atoms with Gasteiger partial charge in [-0.15, -0.1) is 0 Å². The van der Waals surface area contributed by atoms with Crippen LogP contribution in [0.15, 0.2) is 58.5 Å². The molecule has 0 bridgehead atoms. The van der Waals surface area contributed by atoms with Crippen LogP contribution >= 0.6 is 0 Å². The topological polar surface area (TPSA) is 168 Å². The average Bonchev–Trinajstić information content (AvgIpc) is 3.10. The number of hydrogen-bond acceptors (Lipinski definition) is 9. The molecular weight excluding hydrogens is 446 g/mol. The number of non-ortho nitro benzene ring substituents is 1. The molecule has 0 unspecified atom stereocenters. The molecule has 0 fully saturated rings. The number of methoxy groups -OCH3 is 1. The highest BCUT2D eigenvalue weighted by molar-refractivity contribution is 6.23. The van der Waals surface area contributed by atoms with Gasteiger partial charge in [0.2, 0.25) is 0 Å². The van der Waals surface area contributed by atoms with E-state index in [0.29, 0.717) is 17.0 Å². The number of pyridine rings is 1. The lowest BCUT2D eigenvalue weighted by molar-refractivity contribution is -0.384. The number of carbonyl (C=O) groups excluding carboxylic acids is 2. The zero-order valence-electron chi connectivity index (χ0n) is 17.9. The summed E-state index contributed by atoms with van der Waals surface area (Å²) >= 11 is 0. The molecule has 2 amide bonds. The van der Waals surface area contributed by atoms with E-state index in [9.17, 15) is 24.5 Å². The number of hydrogen-bond donors (Lipinski definition) is 2. The van der Waals surface area contributed by atoms with Gasteiger partial charge in [0.1, 0.15) is 11.6 Å². The molecule has 1 aliphatic rings. The van der Waals surface area contributed by atoms with E-state index in [-0.39, 0.29) is 28.4 Å². The van der Waals surface area contributed by atoms with Gasteiger partial charge >= 0.3 is 0 Å². The minimum Gasteiger partial charge on any atom is -0.496 e. The van der Waals surface area contributed by atoms with Crippen molar-refractivity contribution in [3.05, 3.63) is 85.7 Å². The van der Waals surface area contributed by atoms with Gasteiger partial charge in [0.15, 0.2) is 5.75 Å². The van der Waals surface area contributed by atoms with Gasteiger partial charge in [-0.2, -0.15) is 0 Å². The predicted molar refractivity (Wildman–Crippen MR) is 121 cm³/mol. The molecule has 1 aromatic heterocycles. The van der Waals surface area contributed by atoms with Crippen molar-refractivity contribution in [1.29, 1.82) is 0 Å². The third-order valence-electron chi connectivity index (χ3n) is 5.08. The number of amides is 2. The first-order valence-corrected chi connectivity index (χ1v) is 9.77. The number of rotatable bonds is 6. The summed E-state index contributed by atoms with van der Waals surface area (Å²) in [5.41, 5.74) is 5.51. The number of nitrogen functional groups attached to an aromatic ring is 1. The Balaban J connectivity index is 1.80. The van der Waals surface area contributed by atoms with Crippen LogP contribution in [-0.2, 0) is 0 Å². The van der Waals surface area contributed by atoms with Crippen molar-refractivity contribution in [3.8, 4) is 17.2 Å². The van der Waals surface area contributed by atoms with Crippen molar-refractivity contribution in [2.24, 2.45) is 5.16 Å². The van der Waals surface area contributed by atoms with E-state index >= 15 is 0 Å². The summed E-state index contributed by atoms with van der Waals surface area (Å²) in [4.78, 5) is 52.9. The van der Waals surface area contributed by atoms with Gasteiger partial charge in [-0.1, -0.05) is 17.3 Å². The van der Waals surface area contributed by atoms with Crippen molar-refractivity contribution in [3.63, 3.8) is 0 Å². The third kappa shape index (κ3) is 3.83. The van der Waals surface area contributed by atoms with Crippen molar-refractivity contribution >= 4 is 29.0 Å². The smallest absolute Gasteiger partial charge is 0.275 e. The summed E-state index contributed by atoms with van der Waals surface area (Å²) in [7, 11) is 1.51. The number of para-hydroxylation sites is 1. The summed E-state index contributed by atoms with van der Waals surface area (Å²) in [5, 5.41) is 17.6. The number of fused-ring (bicyclic) bond motifs is 1. The van der Waals surface area contributed by atoms with E-state index in [1.807, 2.05) is 0 Å². The number of carbonyl (C=O) groups is 2. The second-order valence-corrected chi connectivity index (χ2v) is 7.19. The molecule has 0 atom stereocenters. The molecule has 1 aliphatic heterocycles. The first-order valence-electron chi connectivity index (χ1n) is 9.77. The molecular formula is C22H17N5O7. The number of nitro benzene ring substituents is 1. The van der Waals surface area contributed by atoms with E-state index in [1.54, 1.807) is 31.2 Å². The molecule has 0 saturated heterocycles. The minimum absolute atomic E-state index is 0.0493. The lowest BCUT2D eigenvalue weighted by atomic mass is 10.1. The van der Waals surface area contributed by atoms with E-state index < -0.39 is 28.0 Å². The summed E-state index contributed by atoms with van der Waals surface area (Å²) in [5.74, 6) is -1.38. The normalized spacial score (nSPS) is 12.8. The fraction of sp³-hybridized carbons (Fsp3) is 0.0909. The molecule has 0 saturated carbocycles. The highest BCUT2D eigenvalue weighted by atomic mass is 16.6. The maximum absolute atomic E-state index is 12.7. The van der Waals surface area contributed by atoms with Crippen LogP contribution in [0.2, 0.25) is 0 Å². The number of ether oxygens (including phenoxy) is 1. The number of nitrogens with zero attached hydrogens (tertiary/aromatic N) is 3. The van der Waals surface area contributed by atoms with Crippen LogP contribution in [0.1, 0.15) is 33.2 Å². The molecule has 12 nitrogen and oxygen atoms in total. The molecule has 4 rings (SSSR count). The Kier molecular flexibility index (Phi) is 5.55. The first kappa shape index (κ1) is 22.2. The lowest BCUT2D eigenvalue weighted by Gasteiger charge is -2.13. The number of oxime groups is 1. The van der Waals surface area contributed by atoms with Crippen LogP contribution in [0.5, 0.6) is 11.5 Å². The molecule has 34 heavy (non-hydrogen) atoms. The molecule has 2 heterocycles. The Morgan fingerprint density at radius 3 is 2.56 bits per heavy atom. The number of nitrogens with two attached hydrogens (primary N) is 1. The van der Waals surface area contributed by atoms with Gasteiger partial charge in [0.05, 0.1) is 40.6 Å². The van der Waals surface area contributed by atoms with E-state index in [0.717, 1.165) is 22.8 Å². The summed E-state index contributed by atoms with van der Waals surface area (Å²) in [6.45, 7) is 1.66. The molecule has 0 aliphatic carbocycles. The number of aromatic nitrogens is 1. The van der Waals surface area contributed by atoms with Crippen LogP contribution in [0.4, 0.5) is 11.5 Å². The molecule has 2 aromatic carbocycles. The average molecular weight is 463 g/mol. The second-order valence-electron chi connectivity index (χ2n) is 7.19. The van der Waals surface area contributed by atoms with Gasteiger partial charge in [-0.05, 0) is 19.1 Å². The van der Waals surface area contributed by atoms with Crippen LogP contribution in [-0.4, -0.2) is 34.1 Å². The molecule has 12 heteroatoms.